The number of ether oxygens (including phenoxy) is 2. The fraction of sp³-hybridized carbons (Fsp3) is 0.381. The number of para-hydroxylation sites is 1. The molecular formula is C21H28ClN3O2. The standard InChI is InChI=1S/C21H27N3O2.ClH/c1-17-7-9-18(10-8-17)16-23-11-13-24(14-12-23)22-15-19-5-4-6-20(25-2)21(19)26-3;/h4-10,15H,11-14,16H2,1-3H3;1H/b22-15+;. The van der Waals surface area contributed by atoms with Gasteiger partial charge in [-0.1, -0.05) is 35.9 Å². The molecule has 146 valence electrons. The van der Waals surface area contributed by atoms with E-state index in [1.807, 2.05) is 24.4 Å². The van der Waals surface area contributed by atoms with Crippen molar-refractivity contribution in [3.8, 4) is 11.5 Å². The Morgan fingerprint density at radius 3 is 2.30 bits per heavy atom. The molecule has 2 aromatic carbocycles. The van der Waals surface area contributed by atoms with Crippen LogP contribution in [-0.2, 0) is 6.54 Å². The summed E-state index contributed by atoms with van der Waals surface area (Å²) in [7, 11) is 3.30. The monoisotopic (exact) mass is 389 g/mol. The van der Waals surface area contributed by atoms with Gasteiger partial charge >= 0.3 is 0 Å². The van der Waals surface area contributed by atoms with E-state index in [4.69, 9.17) is 9.47 Å². The summed E-state index contributed by atoms with van der Waals surface area (Å²) in [6, 6.07) is 14.6. The Kier molecular flexibility index (Phi) is 7.95. The van der Waals surface area contributed by atoms with Crippen molar-refractivity contribution in [3.05, 3.63) is 59.2 Å². The highest BCUT2D eigenvalue weighted by Crippen LogP contribution is 2.29. The van der Waals surface area contributed by atoms with Crippen molar-refractivity contribution < 1.29 is 9.47 Å². The van der Waals surface area contributed by atoms with Crippen LogP contribution in [0.5, 0.6) is 11.5 Å². The van der Waals surface area contributed by atoms with Gasteiger partial charge in [0.25, 0.3) is 0 Å². The van der Waals surface area contributed by atoms with E-state index in [0.717, 1.165) is 49.8 Å². The number of benzene rings is 2. The van der Waals surface area contributed by atoms with Crippen LogP contribution in [0.2, 0.25) is 0 Å². The number of hydrogen-bond donors (Lipinski definition) is 0. The predicted molar refractivity (Wildman–Crippen MR) is 112 cm³/mol. The summed E-state index contributed by atoms with van der Waals surface area (Å²) in [5.41, 5.74) is 3.60. The second-order valence-electron chi connectivity index (χ2n) is 6.54. The maximum absolute atomic E-state index is 5.46. The average Bonchev–Trinajstić information content (AvgIpc) is 2.68. The van der Waals surface area contributed by atoms with E-state index in [1.165, 1.54) is 11.1 Å². The lowest BCUT2D eigenvalue weighted by Gasteiger charge is -2.33. The number of hydrogen-bond acceptors (Lipinski definition) is 5. The maximum atomic E-state index is 5.46. The minimum Gasteiger partial charge on any atom is -0.493 e. The molecular weight excluding hydrogens is 362 g/mol. The second kappa shape index (κ2) is 10.2. The fourth-order valence-corrected chi connectivity index (χ4v) is 3.12. The van der Waals surface area contributed by atoms with E-state index in [1.54, 1.807) is 14.2 Å². The highest BCUT2D eigenvalue weighted by atomic mass is 35.5. The van der Waals surface area contributed by atoms with Gasteiger partial charge in [-0.2, -0.15) is 5.10 Å². The van der Waals surface area contributed by atoms with Gasteiger partial charge in [-0.25, -0.2) is 0 Å². The van der Waals surface area contributed by atoms with Crippen molar-refractivity contribution in [2.75, 3.05) is 40.4 Å². The number of nitrogens with zero attached hydrogens (tertiary/aromatic N) is 3. The zero-order chi connectivity index (χ0) is 18.4. The molecule has 0 amide bonds. The number of aryl methyl sites for hydroxylation is 1. The molecule has 5 nitrogen and oxygen atoms in total. The molecule has 0 atom stereocenters. The molecule has 6 heteroatoms. The molecule has 1 saturated heterocycles. The summed E-state index contributed by atoms with van der Waals surface area (Å²) in [6.07, 6.45) is 1.86. The molecule has 0 radical (unpaired) electrons. The number of piperazine rings is 1. The van der Waals surface area contributed by atoms with Crippen LogP contribution in [0.15, 0.2) is 47.6 Å². The van der Waals surface area contributed by atoms with Gasteiger partial charge in [0.2, 0.25) is 0 Å². The van der Waals surface area contributed by atoms with Crippen molar-refractivity contribution in [2.24, 2.45) is 5.10 Å². The molecule has 1 aliphatic heterocycles. The first-order valence-corrected chi connectivity index (χ1v) is 8.97. The average molecular weight is 390 g/mol. The first-order chi connectivity index (χ1) is 12.7. The van der Waals surface area contributed by atoms with E-state index in [0.29, 0.717) is 0 Å². The van der Waals surface area contributed by atoms with Gasteiger partial charge in [-0.05, 0) is 24.6 Å². The molecule has 1 aliphatic rings. The molecule has 0 N–H and O–H groups in total. The quantitative estimate of drug-likeness (QED) is 0.707. The maximum Gasteiger partial charge on any atom is 0.169 e. The van der Waals surface area contributed by atoms with Gasteiger partial charge in [0.15, 0.2) is 11.5 Å². The summed E-state index contributed by atoms with van der Waals surface area (Å²) < 4.78 is 10.8. The van der Waals surface area contributed by atoms with Crippen LogP contribution < -0.4 is 9.47 Å². The summed E-state index contributed by atoms with van der Waals surface area (Å²) in [5, 5.41) is 6.75. The molecule has 0 spiro atoms. The highest BCUT2D eigenvalue weighted by Gasteiger charge is 2.16. The molecule has 0 aromatic heterocycles. The van der Waals surface area contributed by atoms with Crippen LogP contribution in [0.25, 0.3) is 0 Å². The predicted octanol–water partition coefficient (Wildman–Crippen LogP) is 3.59. The second-order valence-corrected chi connectivity index (χ2v) is 6.54. The minimum atomic E-state index is 0. The highest BCUT2D eigenvalue weighted by molar-refractivity contribution is 5.85. The fourth-order valence-electron chi connectivity index (χ4n) is 3.12. The Labute approximate surface area is 168 Å². The normalized spacial score (nSPS) is 14.9. The molecule has 3 rings (SSSR count). The minimum absolute atomic E-state index is 0. The third-order valence-electron chi connectivity index (χ3n) is 4.67. The van der Waals surface area contributed by atoms with Gasteiger partial charge in [-0.15, -0.1) is 12.4 Å². The Balaban J connectivity index is 0.00000261. The molecule has 0 saturated carbocycles. The molecule has 0 aliphatic carbocycles. The summed E-state index contributed by atoms with van der Waals surface area (Å²) >= 11 is 0. The van der Waals surface area contributed by atoms with Gasteiger partial charge in [0.05, 0.1) is 20.4 Å². The van der Waals surface area contributed by atoms with Crippen LogP contribution >= 0.6 is 12.4 Å². The molecule has 1 fully saturated rings. The zero-order valence-corrected chi connectivity index (χ0v) is 17.0. The van der Waals surface area contributed by atoms with E-state index in [9.17, 15) is 0 Å². The van der Waals surface area contributed by atoms with Crippen molar-refractivity contribution >= 4 is 18.6 Å². The number of methoxy groups -OCH3 is 2. The summed E-state index contributed by atoms with van der Waals surface area (Å²) in [6.45, 7) is 7.00. The lowest BCUT2D eigenvalue weighted by Crippen LogP contribution is -2.43. The van der Waals surface area contributed by atoms with Crippen molar-refractivity contribution in [2.45, 2.75) is 13.5 Å². The largest absolute Gasteiger partial charge is 0.493 e. The summed E-state index contributed by atoms with van der Waals surface area (Å²) in [5.74, 6) is 1.44. The third-order valence-corrected chi connectivity index (χ3v) is 4.67. The van der Waals surface area contributed by atoms with E-state index >= 15 is 0 Å². The third kappa shape index (κ3) is 5.62. The number of hydrazone groups is 1. The van der Waals surface area contributed by atoms with E-state index in [-0.39, 0.29) is 12.4 Å². The Morgan fingerprint density at radius 1 is 0.963 bits per heavy atom. The van der Waals surface area contributed by atoms with Gasteiger partial charge in [-0.3, -0.25) is 9.91 Å². The first kappa shape index (κ1) is 21.1. The molecule has 0 bridgehead atoms. The smallest absolute Gasteiger partial charge is 0.169 e. The Bertz CT molecular complexity index is 742. The molecule has 2 aromatic rings. The number of halogens is 1. The lowest BCUT2D eigenvalue weighted by atomic mass is 10.1. The Morgan fingerprint density at radius 2 is 1.67 bits per heavy atom. The van der Waals surface area contributed by atoms with Crippen LogP contribution in [0.1, 0.15) is 16.7 Å². The molecule has 27 heavy (non-hydrogen) atoms. The Hall–Kier alpha value is -2.24. The van der Waals surface area contributed by atoms with E-state index < -0.39 is 0 Å². The van der Waals surface area contributed by atoms with Crippen LogP contribution in [0, 0.1) is 6.92 Å². The molecule has 0 unspecified atom stereocenters. The van der Waals surface area contributed by atoms with Gasteiger partial charge in [0.1, 0.15) is 0 Å². The zero-order valence-electron chi connectivity index (χ0n) is 16.2. The van der Waals surface area contributed by atoms with E-state index in [2.05, 4.69) is 46.2 Å². The van der Waals surface area contributed by atoms with Crippen molar-refractivity contribution in [1.29, 1.82) is 0 Å². The topological polar surface area (TPSA) is 37.3 Å². The van der Waals surface area contributed by atoms with Crippen LogP contribution in [-0.4, -0.2) is 56.5 Å². The SMILES string of the molecule is COc1cccc(/C=N/N2CCN(Cc3ccc(C)cc3)CC2)c1OC.Cl. The lowest BCUT2D eigenvalue weighted by molar-refractivity contribution is 0.131. The van der Waals surface area contributed by atoms with Crippen LogP contribution in [0.3, 0.4) is 0 Å². The molecule has 1 heterocycles. The van der Waals surface area contributed by atoms with Crippen LogP contribution in [0.4, 0.5) is 0 Å². The van der Waals surface area contributed by atoms with Gasteiger partial charge < -0.3 is 9.47 Å². The van der Waals surface area contributed by atoms with Gasteiger partial charge in [0, 0.05) is 38.3 Å². The number of rotatable bonds is 6. The summed E-state index contributed by atoms with van der Waals surface area (Å²) in [4.78, 5) is 2.48. The first-order valence-electron chi connectivity index (χ1n) is 8.97. The van der Waals surface area contributed by atoms with Crippen molar-refractivity contribution in [1.82, 2.24) is 9.91 Å². The van der Waals surface area contributed by atoms with Crippen molar-refractivity contribution in [3.63, 3.8) is 0 Å².